The fourth-order valence-corrected chi connectivity index (χ4v) is 4.44. The van der Waals surface area contributed by atoms with Crippen LogP contribution in [0.1, 0.15) is 31.0 Å². The van der Waals surface area contributed by atoms with Crippen molar-refractivity contribution in [3.05, 3.63) is 69.9 Å². The lowest BCUT2D eigenvalue weighted by Gasteiger charge is -2.28. The molecule has 0 aromatic heterocycles. The van der Waals surface area contributed by atoms with E-state index < -0.39 is 23.9 Å². The Labute approximate surface area is 245 Å². The van der Waals surface area contributed by atoms with Crippen LogP contribution in [-0.2, 0) is 14.3 Å². The van der Waals surface area contributed by atoms with E-state index >= 15 is 0 Å². The van der Waals surface area contributed by atoms with Crippen LogP contribution >= 0.6 is 15.9 Å². The highest BCUT2D eigenvalue weighted by Crippen LogP contribution is 2.37. The maximum atomic E-state index is 12.4. The van der Waals surface area contributed by atoms with Gasteiger partial charge >= 0.3 is 12.0 Å². The van der Waals surface area contributed by atoms with Crippen molar-refractivity contribution in [3.8, 4) is 23.0 Å². The molecule has 218 valence electrons. The van der Waals surface area contributed by atoms with Crippen LogP contribution in [0.2, 0.25) is 0 Å². The van der Waals surface area contributed by atoms with Gasteiger partial charge in [0.05, 0.1) is 43.1 Å². The molecule has 41 heavy (non-hydrogen) atoms. The van der Waals surface area contributed by atoms with E-state index in [2.05, 4.69) is 43.7 Å². The smallest absolute Gasteiger partial charge is 0.337 e. The van der Waals surface area contributed by atoms with E-state index in [1.54, 1.807) is 43.3 Å². The molecule has 0 aliphatic carbocycles. The largest absolute Gasteiger partial charge is 0.493 e. The molecule has 0 saturated carbocycles. The lowest BCUT2D eigenvalue weighted by molar-refractivity contribution is -0.136. The fourth-order valence-electron chi connectivity index (χ4n) is 3.87. The summed E-state index contributed by atoms with van der Waals surface area (Å²) in [6.45, 7) is 7.51. The number of hydrazone groups is 1. The highest BCUT2D eigenvalue weighted by molar-refractivity contribution is 9.10. The van der Waals surface area contributed by atoms with Crippen molar-refractivity contribution < 1.29 is 38.1 Å². The average molecular weight is 631 g/mol. The zero-order chi connectivity index (χ0) is 29.9. The number of esters is 1. The molecular formula is C28H31BrN4O8. The lowest BCUT2D eigenvalue weighted by atomic mass is 9.95. The van der Waals surface area contributed by atoms with Gasteiger partial charge in [-0.25, -0.2) is 15.0 Å². The molecule has 0 spiro atoms. The van der Waals surface area contributed by atoms with Crippen molar-refractivity contribution in [2.45, 2.75) is 19.9 Å². The summed E-state index contributed by atoms with van der Waals surface area (Å²) in [4.78, 5) is 36.8. The first-order chi connectivity index (χ1) is 19.7. The van der Waals surface area contributed by atoms with Crippen LogP contribution in [0.15, 0.2) is 63.8 Å². The summed E-state index contributed by atoms with van der Waals surface area (Å²) in [5.41, 5.74) is 4.24. The van der Waals surface area contributed by atoms with E-state index in [0.29, 0.717) is 51.8 Å². The zero-order valence-electron chi connectivity index (χ0n) is 23.0. The predicted molar refractivity (Wildman–Crippen MR) is 154 cm³/mol. The first-order valence-electron chi connectivity index (χ1n) is 12.4. The number of ether oxygens (including phenoxy) is 5. The van der Waals surface area contributed by atoms with Gasteiger partial charge in [0.15, 0.2) is 29.6 Å². The van der Waals surface area contributed by atoms with Crippen molar-refractivity contribution in [2.24, 2.45) is 5.10 Å². The molecule has 1 atom stereocenters. The highest BCUT2D eigenvalue weighted by Gasteiger charge is 2.32. The second-order valence-corrected chi connectivity index (χ2v) is 9.27. The summed E-state index contributed by atoms with van der Waals surface area (Å²) in [6.07, 6.45) is 3.09. The Balaban J connectivity index is 1.67. The van der Waals surface area contributed by atoms with Gasteiger partial charge in [0.1, 0.15) is 6.61 Å². The Morgan fingerprint density at radius 3 is 2.59 bits per heavy atom. The number of nitrogens with one attached hydrogen (secondary N) is 3. The van der Waals surface area contributed by atoms with E-state index in [4.69, 9.17) is 23.7 Å². The van der Waals surface area contributed by atoms with E-state index in [1.165, 1.54) is 20.4 Å². The second kappa shape index (κ2) is 14.7. The summed E-state index contributed by atoms with van der Waals surface area (Å²) in [7, 11) is 2.69. The second-order valence-electron chi connectivity index (χ2n) is 8.42. The summed E-state index contributed by atoms with van der Waals surface area (Å²) in [5, 5.41) is 9.26. The zero-order valence-corrected chi connectivity index (χ0v) is 24.6. The monoisotopic (exact) mass is 630 g/mol. The summed E-state index contributed by atoms with van der Waals surface area (Å²) in [6, 6.07) is 7.10. The van der Waals surface area contributed by atoms with Gasteiger partial charge in [-0.2, -0.15) is 5.10 Å². The van der Waals surface area contributed by atoms with Crippen LogP contribution < -0.4 is 35.0 Å². The molecule has 1 heterocycles. The Morgan fingerprint density at radius 2 is 1.90 bits per heavy atom. The van der Waals surface area contributed by atoms with Crippen LogP contribution in [-0.4, -0.2) is 58.2 Å². The van der Waals surface area contributed by atoms with Crippen molar-refractivity contribution >= 4 is 40.1 Å². The maximum Gasteiger partial charge on any atom is 0.337 e. The summed E-state index contributed by atoms with van der Waals surface area (Å²) in [5.74, 6) is 0.520. The highest BCUT2D eigenvalue weighted by atomic mass is 79.9. The Morgan fingerprint density at radius 1 is 1.12 bits per heavy atom. The number of carbonyl (C=O) groups excluding carboxylic acids is 3. The molecule has 3 rings (SSSR count). The Hall–Kier alpha value is -4.52. The van der Waals surface area contributed by atoms with E-state index in [-0.39, 0.29) is 17.9 Å². The average Bonchev–Trinajstić information content (AvgIpc) is 2.95. The molecular weight excluding hydrogens is 600 g/mol. The number of hydrogen-bond acceptors (Lipinski definition) is 9. The number of hydrogen-bond donors (Lipinski definition) is 3. The van der Waals surface area contributed by atoms with Crippen LogP contribution in [0, 0.1) is 0 Å². The van der Waals surface area contributed by atoms with Gasteiger partial charge in [0, 0.05) is 5.70 Å². The number of rotatable bonds is 13. The molecule has 0 radical (unpaired) electrons. The standard InChI is InChI=1S/C28H31BrN4O8/c1-6-10-40-26-19(29)11-17(12-22(26)39-7-2)14-30-33-23(34)15-41-20-9-8-18(13-21(20)37-4)25-24(27(35)38-5)16(3)31-28(36)32-25/h6,8-9,11-14,25H,1,7,10,15H2,2-5H3,(H,33,34)(H2,31,32,36)/b30-14-/t25-/m1/s1. The number of urea groups is 1. The third-order valence-electron chi connectivity index (χ3n) is 5.63. The van der Waals surface area contributed by atoms with Crippen molar-refractivity contribution in [3.63, 3.8) is 0 Å². The van der Waals surface area contributed by atoms with Gasteiger partial charge in [-0.15, -0.1) is 0 Å². The Bertz CT molecular complexity index is 1380. The summed E-state index contributed by atoms with van der Waals surface area (Å²) < 4.78 is 27.9. The summed E-state index contributed by atoms with van der Waals surface area (Å²) >= 11 is 3.46. The van der Waals surface area contributed by atoms with Crippen LogP contribution in [0.25, 0.3) is 0 Å². The van der Waals surface area contributed by atoms with Gasteiger partial charge in [-0.3, -0.25) is 4.79 Å². The molecule has 2 aromatic rings. The number of amides is 3. The minimum Gasteiger partial charge on any atom is -0.493 e. The molecule has 1 aliphatic rings. The van der Waals surface area contributed by atoms with Gasteiger partial charge in [0.25, 0.3) is 5.91 Å². The molecule has 0 bridgehead atoms. The van der Waals surface area contributed by atoms with Gasteiger partial charge in [-0.05, 0) is 65.2 Å². The third kappa shape index (κ3) is 8.01. The molecule has 12 nitrogen and oxygen atoms in total. The number of halogens is 1. The lowest BCUT2D eigenvalue weighted by Crippen LogP contribution is -2.45. The van der Waals surface area contributed by atoms with Crippen molar-refractivity contribution in [2.75, 3.05) is 34.0 Å². The van der Waals surface area contributed by atoms with E-state index in [0.717, 1.165) is 0 Å². The van der Waals surface area contributed by atoms with Crippen LogP contribution in [0.4, 0.5) is 4.79 Å². The normalized spacial score (nSPS) is 14.6. The van der Waals surface area contributed by atoms with Crippen LogP contribution in [0.5, 0.6) is 23.0 Å². The van der Waals surface area contributed by atoms with E-state index in [9.17, 15) is 14.4 Å². The molecule has 3 amide bonds. The van der Waals surface area contributed by atoms with Crippen LogP contribution in [0.3, 0.4) is 0 Å². The number of benzene rings is 2. The minimum atomic E-state index is -0.775. The third-order valence-corrected chi connectivity index (χ3v) is 6.22. The number of allylic oxidation sites excluding steroid dienone is 1. The maximum absolute atomic E-state index is 12.4. The Kier molecular flexibility index (Phi) is 11.2. The first-order valence-corrected chi connectivity index (χ1v) is 13.2. The number of methoxy groups -OCH3 is 2. The predicted octanol–water partition coefficient (Wildman–Crippen LogP) is 3.75. The molecule has 0 fully saturated rings. The van der Waals surface area contributed by atoms with Gasteiger partial charge in [0.2, 0.25) is 0 Å². The van der Waals surface area contributed by atoms with Gasteiger partial charge < -0.3 is 34.3 Å². The molecule has 2 aromatic carbocycles. The number of nitrogens with zero attached hydrogens (tertiary/aromatic N) is 1. The van der Waals surface area contributed by atoms with E-state index in [1.807, 2.05) is 6.92 Å². The topological polar surface area (TPSA) is 146 Å². The van der Waals surface area contributed by atoms with Crippen molar-refractivity contribution in [1.29, 1.82) is 0 Å². The number of carbonyl (C=O) groups is 3. The molecule has 1 aliphatic heterocycles. The first kappa shape index (κ1) is 31.0. The minimum absolute atomic E-state index is 0.249. The quantitative estimate of drug-likeness (QED) is 0.131. The molecule has 13 heteroatoms. The van der Waals surface area contributed by atoms with Crippen molar-refractivity contribution in [1.82, 2.24) is 16.1 Å². The van der Waals surface area contributed by atoms with Gasteiger partial charge in [-0.1, -0.05) is 18.7 Å². The fraction of sp³-hybridized carbons (Fsp3) is 0.286. The SMILES string of the molecule is C=CCOc1c(Br)cc(/C=N\NC(=O)COc2ccc([C@H]3NC(=O)NC(C)=C3C(=O)OC)cc2OC)cc1OCC. The molecule has 0 unspecified atom stereocenters. The molecule has 3 N–H and O–H groups in total. The molecule has 0 saturated heterocycles.